The maximum Gasteiger partial charge on any atom is 0.227 e. The molecule has 0 atom stereocenters. The van der Waals surface area contributed by atoms with Gasteiger partial charge in [-0.05, 0) is 111 Å². The number of hydrogen-bond acceptors (Lipinski definition) is 3. The van der Waals surface area contributed by atoms with Gasteiger partial charge in [-0.1, -0.05) is 113 Å². The molecule has 7 aromatic carbocycles. The van der Waals surface area contributed by atoms with Gasteiger partial charge >= 0.3 is 0 Å². The highest BCUT2D eigenvalue weighted by atomic mass is 16.3. The van der Waals surface area contributed by atoms with Crippen molar-refractivity contribution in [1.82, 2.24) is 4.98 Å². The van der Waals surface area contributed by atoms with Crippen LogP contribution in [0, 0.1) is 0 Å². The van der Waals surface area contributed by atoms with Crippen molar-refractivity contribution in [3.8, 4) is 33.7 Å². The highest BCUT2D eigenvalue weighted by molar-refractivity contribution is 6.05. The van der Waals surface area contributed by atoms with Crippen molar-refractivity contribution in [2.75, 3.05) is 4.90 Å². The maximum atomic E-state index is 6.42. The van der Waals surface area contributed by atoms with E-state index in [4.69, 9.17) is 9.40 Å². The first-order valence-electron chi connectivity index (χ1n) is 17.5. The fourth-order valence-corrected chi connectivity index (χ4v) is 8.65. The smallest absolute Gasteiger partial charge is 0.227 e. The number of oxazole rings is 1. The van der Waals surface area contributed by atoms with Crippen molar-refractivity contribution in [3.05, 3.63) is 168 Å². The zero-order chi connectivity index (χ0) is 33.8. The fraction of sp³-hybridized carbons (Fsp3) is 0.128. The maximum absolute atomic E-state index is 6.42. The average molecular weight is 645 g/mol. The molecule has 0 unspecified atom stereocenters. The van der Waals surface area contributed by atoms with Gasteiger partial charge in [-0.2, -0.15) is 0 Å². The molecule has 1 aromatic heterocycles. The lowest BCUT2D eigenvalue weighted by Gasteiger charge is -2.30. The Morgan fingerprint density at radius 2 is 1.00 bits per heavy atom. The summed E-state index contributed by atoms with van der Waals surface area (Å²) in [7, 11) is 0. The number of aromatic nitrogens is 1. The molecule has 0 bridgehead atoms. The van der Waals surface area contributed by atoms with Crippen LogP contribution in [-0.4, -0.2) is 4.98 Å². The van der Waals surface area contributed by atoms with E-state index in [1.54, 1.807) is 0 Å². The molecule has 0 N–H and O–H groups in total. The number of nitrogens with zero attached hydrogens (tertiary/aromatic N) is 2. The molecule has 0 radical (unpaired) electrons. The van der Waals surface area contributed by atoms with Gasteiger partial charge in [-0.15, -0.1) is 0 Å². The van der Waals surface area contributed by atoms with E-state index in [2.05, 4.69) is 148 Å². The molecule has 3 heteroatoms. The Balaban J connectivity index is 1.16. The minimum Gasteiger partial charge on any atom is -0.435 e. The lowest BCUT2D eigenvalue weighted by Crippen LogP contribution is -2.18. The first-order valence-corrected chi connectivity index (χ1v) is 17.5. The molecule has 0 saturated heterocycles. The van der Waals surface area contributed by atoms with E-state index in [0.717, 1.165) is 44.5 Å². The molecular weight excluding hydrogens is 609 g/mol. The van der Waals surface area contributed by atoms with Crippen molar-refractivity contribution in [2.45, 2.75) is 38.5 Å². The molecule has 2 aliphatic carbocycles. The topological polar surface area (TPSA) is 29.3 Å². The van der Waals surface area contributed by atoms with Gasteiger partial charge in [0.1, 0.15) is 5.52 Å². The number of hydrogen-bond donors (Lipinski definition) is 0. The molecule has 0 amide bonds. The molecule has 0 fully saturated rings. The zero-order valence-corrected chi connectivity index (χ0v) is 28.7. The Morgan fingerprint density at radius 1 is 0.480 bits per heavy atom. The number of anilines is 3. The summed E-state index contributed by atoms with van der Waals surface area (Å²) >= 11 is 0. The predicted octanol–water partition coefficient (Wildman–Crippen LogP) is 12.7. The Hall–Kier alpha value is -5.93. The summed E-state index contributed by atoms with van der Waals surface area (Å²) in [5.74, 6) is 0.641. The van der Waals surface area contributed by atoms with Gasteiger partial charge < -0.3 is 9.32 Å². The monoisotopic (exact) mass is 644 g/mol. The summed E-state index contributed by atoms with van der Waals surface area (Å²) in [5, 5.41) is 2.16. The minimum absolute atomic E-state index is 0.104. The predicted molar refractivity (Wildman–Crippen MR) is 207 cm³/mol. The second-order valence-electron chi connectivity index (χ2n) is 14.8. The van der Waals surface area contributed by atoms with Crippen LogP contribution in [0.1, 0.15) is 49.9 Å². The quantitative estimate of drug-likeness (QED) is 0.191. The molecule has 240 valence electrons. The number of fused-ring (bicyclic) bond motifs is 9. The van der Waals surface area contributed by atoms with E-state index in [9.17, 15) is 0 Å². The van der Waals surface area contributed by atoms with Crippen LogP contribution >= 0.6 is 0 Å². The van der Waals surface area contributed by atoms with Crippen LogP contribution < -0.4 is 4.90 Å². The normalized spacial score (nSPS) is 14.7. The van der Waals surface area contributed by atoms with E-state index in [1.807, 2.05) is 30.3 Å². The van der Waals surface area contributed by atoms with Gasteiger partial charge in [-0.25, -0.2) is 4.98 Å². The SMILES string of the molecule is CC1(C)c2ccccc2-c2ccc(N(c3ccc4c(c3)C(C)(C)c3ccccc3-4)c3ccc4c(ccc5nc(-c6ccccc6)oc54)c3)cc21. The molecule has 0 saturated carbocycles. The van der Waals surface area contributed by atoms with E-state index in [0.29, 0.717) is 5.89 Å². The van der Waals surface area contributed by atoms with Crippen LogP contribution in [-0.2, 0) is 10.8 Å². The molecule has 0 aliphatic heterocycles. The van der Waals surface area contributed by atoms with E-state index in [1.165, 1.54) is 44.5 Å². The summed E-state index contributed by atoms with van der Waals surface area (Å²) in [4.78, 5) is 7.27. The lowest BCUT2D eigenvalue weighted by atomic mass is 9.82. The van der Waals surface area contributed by atoms with Crippen LogP contribution in [0.25, 0.3) is 55.6 Å². The number of rotatable bonds is 4. The summed E-state index contributed by atoms with van der Waals surface area (Å²) in [6, 6.07) is 52.8. The minimum atomic E-state index is -0.104. The molecule has 3 nitrogen and oxygen atoms in total. The Labute approximate surface area is 292 Å². The summed E-state index contributed by atoms with van der Waals surface area (Å²) in [6.45, 7) is 9.40. The number of benzene rings is 7. The van der Waals surface area contributed by atoms with Crippen LogP contribution in [0.5, 0.6) is 0 Å². The highest BCUT2D eigenvalue weighted by Gasteiger charge is 2.37. The van der Waals surface area contributed by atoms with Crippen molar-refractivity contribution >= 4 is 38.9 Å². The molecule has 8 aromatic rings. The first kappa shape index (κ1) is 29.0. The Kier molecular flexibility index (Phi) is 5.97. The second-order valence-corrected chi connectivity index (χ2v) is 14.8. The van der Waals surface area contributed by atoms with Gasteiger partial charge in [0.15, 0.2) is 5.58 Å². The Bertz CT molecular complexity index is 2550. The van der Waals surface area contributed by atoms with E-state index < -0.39 is 0 Å². The summed E-state index contributed by atoms with van der Waals surface area (Å²) < 4.78 is 6.42. The van der Waals surface area contributed by atoms with Crippen molar-refractivity contribution < 1.29 is 4.42 Å². The standard InChI is InChI=1S/C47H36N2O/c1-46(2)39-16-10-8-14-35(39)37-23-20-32(27-41(37)46)49(33-21-24-38-36-15-9-11-17-40(36)47(3,4)42(38)28-33)31-19-22-34-30(26-31)18-25-43-44(34)50-45(48-43)29-12-6-5-7-13-29/h5-28H,1-4H3. The van der Waals surface area contributed by atoms with Crippen molar-refractivity contribution in [1.29, 1.82) is 0 Å². The average Bonchev–Trinajstić information content (AvgIpc) is 3.76. The molecule has 2 aliphatic rings. The molecule has 10 rings (SSSR count). The van der Waals surface area contributed by atoms with Gasteiger partial charge in [0.05, 0.1) is 0 Å². The highest BCUT2D eigenvalue weighted by Crippen LogP contribution is 2.53. The van der Waals surface area contributed by atoms with Gasteiger partial charge in [0, 0.05) is 38.8 Å². The van der Waals surface area contributed by atoms with Gasteiger partial charge in [0.25, 0.3) is 0 Å². The third kappa shape index (κ3) is 4.07. The third-order valence-electron chi connectivity index (χ3n) is 11.3. The van der Waals surface area contributed by atoms with Crippen molar-refractivity contribution in [2.24, 2.45) is 0 Å². The van der Waals surface area contributed by atoms with Crippen LogP contribution in [0.4, 0.5) is 17.1 Å². The molecule has 1 heterocycles. The van der Waals surface area contributed by atoms with E-state index >= 15 is 0 Å². The van der Waals surface area contributed by atoms with Crippen LogP contribution in [0.15, 0.2) is 150 Å². The summed E-state index contributed by atoms with van der Waals surface area (Å²) in [6.07, 6.45) is 0. The third-order valence-corrected chi connectivity index (χ3v) is 11.3. The molecular formula is C47H36N2O. The van der Waals surface area contributed by atoms with Gasteiger partial charge in [0.2, 0.25) is 5.89 Å². The Morgan fingerprint density at radius 3 is 1.62 bits per heavy atom. The molecule has 0 spiro atoms. The lowest BCUT2D eigenvalue weighted by molar-refractivity contribution is 0.623. The first-order chi connectivity index (χ1) is 24.3. The largest absolute Gasteiger partial charge is 0.435 e. The van der Waals surface area contributed by atoms with Crippen molar-refractivity contribution in [3.63, 3.8) is 0 Å². The van der Waals surface area contributed by atoms with E-state index in [-0.39, 0.29) is 10.8 Å². The second kappa shape index (κ2) is 10.3. The molecule has 50 heavy (non-hydrogen) atoms. The summed E-state index contributed by atoms with van der Waals surface area (Å²) in [5.41, 5.74) is 16.6. The van der Waals surface area contributed by atoms with Gasteiger partial charge in [-0.3, -0.25) is 0 Å². The van der Waals surface area contributed by atoms with Crippen LogP contribution in [0.3, 0.4) is 0 Å². The zero-order valence-electron chi connectivity index (χ0n) is 28.7. The fourth-order valence-electron chi connectivity index (χ4n) is 8.65. The van der Waals surface area contributed by atoms with Crippen LogP contribution in [0.2, 0.25) is 0 Å².